The molecule has 0 bridgehead atoms. The molecule has 1 aliphatic rings. The summed E-state index contributed by atoms with van der Waals surface area (Å²) >= 11 is 0. The van der Waals surface area contributed by atoms with Gasteiger partial charge in [-0.3, -0.25) is 0 Å². The topological polar surface area (TPSA) is 41.1 Å². The Morgan fingerprint density at radius 3 is 2.69 bits per heavy atom. The summed E-state index contributed by atoms with van der Waals surface area (Å²) in [4.78, 5) is 11.3. The van der Waals surface area contributed by atoms with E-state index in [1.807, 2.05) is 18.2 Å². The molecule has 0 aromatic heterocycles. The van der Waals surface area contributed by atoms with E-state index in [1.54, 1.807) is 0 Å². The first kappa shape index (κ1) is 11.0. The molecule has 1 saturated carbocycles. The summed E-state index contributed by atoms with van der Waals surface area (Å²) < 4.78 is 0. The van der Waals surface area contributed by atoms with Crippen LogP contribution in [0.1, 0.15) is 24.8 Å². The number of nitrogens with one attached hydrogen (secondary N) is 2. The Morgan fingerprint density at radius 1 is 1.25 bits per heavy atom. The van der Waals surface area contributed by atoms with Crippen LogP contribution in [0.5, 0.6) is 0 Å². The summed E-state index contributed by atoms with van der Waals surface area (Å²) in [5.41, 5.74) is 1.33. The zero-order chi connectivity index (χ0) is 11.2. The van der Waals surface area contributed by atoms with Crippen molar-refractivity contribution in [2.45, 2.75) is 31.7 Å². The van der Waals surface area contributed by atoms with Crippen LogP contribution in [0.3, 0.4) is 0 Å². The van der Waals surface area contributed by atoms with Crippen LogP contribution in [-0.4, -0.2) is 18.6 Å². The molecule has 0 atom stereocenters. The lowest BCUT2D eigenvalue weighted by atomic mass is 10.1. The van der Waals surface area contributed by atoms with Crippen LogP contribution >= 0.6 is 0 Å². The molecule has 1 fully saturated rings. The van der Waals surface area contributed by atoms with E-state index in [0.29, 0.717) is 6.04 Å². The highest BCUT2D eigenvalue weighted by atomic mass is 16.2. The third-order valence-electron chi connectivity index (χ3n) is 2.68. The van der Waals surface area contributed by atoms with E-state index >= 15 is 0 Å². The van der Waals surface area contributed by atoms with E-state index in [1.165, 1.54) is 5.56 Å². The Kier molecular flexibility index (Phi) is 3.81. The zero-order valence-electron chi connectivity index (χ0n) is 9.41. The molecule has 2 amide bonds. The molecule has 3 heteroatoms. The van der Waals surface area contributed by atoms with Gasteiger partial charge in [-0.05, 0) is 31.2 Å². The van der Waals surface area contributed by atoms with Gasteiger partial charge in [-0.2, -0.15) is 0 Å². The van der Waals surface area contributed by atoms with Crippen molar-refractivity contribution in [3.8, 4) is 0 Å². The second kappa shape index (κ2) is 5.54. The Labute approximate surface area is 96.2 Å². The van der Waals surface area contributed by atoms with E-state index in [-0.39, 0.29) is 6.03 Å². The van der Waals surface area contributed by atoms with Crippen LogP contribution in [-0.2, 0) is 6.42 Å². The summed E-state index contributed by atoms with van der Waals surface area (Å²) in [5, 5.41) is 5.78. The number of carbonyl (C=O) groups is 1. The molecule has 1 aromatic carbocycles. The van der Waals surface area contributed by atoms with E-state index in [2.05, 4.69) is 22.8 Å². The predicted molar refractivity (Wildman–Crippen MR) is 64.3 cm³/mol. The minimum Gasteiger partial charge on any atom is -0.338 e. The summed E-state index contributed by atoms with van der Waals surface area (Å²) in [6.07, 6.45) is 4.28. The third-order valence-corrected chi connectivity index (χ3v) is 2.68. The van der Waals surface area contributed by atoms with Crippen molar-refractivity contribution in [2.75, 3.05) is 6.54 Å². The van der Waals surface area contributed by atoms with E-state index in [9.17, 15) is 4.79 Å². The Balaban J connectivity index is 1.56. The number of rotatable bonds is 5. The SMILES string of the molecule is O=C(NCCCc1ccccc1)NC1CC1. The van der Waals surface area contributed by atoms with Gasteiger partial charge in [-0.25, -0.2) is 4.79 Å². The highest BCUT2D eigenvalue weighted by molar-refractivity contribution is 5.74. The maximum absolute atomic E-state index is 11.3. The summed E-state index contributed by atoms with van der Waals surface area (Å²) in [6.45, 7) is 0.743. The number of amides is 2. The van der Waals surface area contributed by atoms with Crippen molar-refractivity contribution < 1.29 is 4.79 Å². The van der Waals surface area contributed by atoms with Crippen molar-refractivity contribution in [1.82, 2.24) is 10.6 Å². The van der Waals surface area contributed by atoms with Gasteiger partial charge in [0, 0.05) is 12.6 Å². The average Bonchev–Trinajstić information content (AvgIpc) is 3.10. The van der Waals surface area contributed by atoms with Crippen molar-refractivity contribution in [3.05, 3.63) is 35.9 Å². The van der Waals surface area contributed by atoms with Gasteiger partial charge in [-0.15, -0.1) is 0 Å². The number of hydrogen-bond donors (Lipinski definition) is 2. The number of urea groups is 1. The molecule has 0 unspecified atom stereocenters. The molecule has 0 saturated heterocycles. The van der Waals surface area contributed by atoms with Crippen LogP contribution in [0.2, 0.25) is 0 Å². The maximum Gasteiger partial charge on any atom is 0.315 e. The van der Waals surface area contributed by atoms with E-state index < -0.39 is 0 Å². The molecule has 0 radical (unpaired) electrons. The molecule has 2 rings (SSSR count). The smallest absolute Gasteiger partial charge is 0.315 e. The van der Waals surface area contributed by atoms with Crippen molar-refractivity contribution in [1.29, 1.82) is 0 Å². The fourth-order valence-electron chi connectivity index (χ4n) is 1.60. The van der Waals surface area contributed by atoms with Gasteiger partial charge in [0.15, 0.2) is 0 Å². The third kappa shape index (κ3) is 3.93. The van der Waals surface area contributed by atoms with Crippen molar-refractivity contribution in [3.63, 3.8) is 0 Å². The van der Waals surface area contributed by atoms with Gasteiger partial charge in [0.2, 0.25) is 0 Å². The lowest BCUT2D eigenvalue weighted by Gasteiger charge is -2.06. The summed E-state index contributed by atoms with van der Waals surface area (Å²) in [7, 11) is 0. The Morgan fingerprint density at radius 2 is 2.00 bits per heavy atom. The van der Waals surface area contributed by atoms with Gasteiger partial charge in [0.1, 0.15) is 0 Å². The van der Waals surface area contributed by atoms with Crippen LogP contribution in [0, 0.1) is 0 Å². The monoisotopic (exact) mass is 218 g/mol. The lowest BCUT2D eigenvalue weighted by Crippen LogP contribution is -2.37. The van der Waals surface area contributed by atoms with Crippen molar-refractivity contribution in [2.24, 2.45) is 0 Å². The van der Waals surface area contributed by atoms with E-state index in [0.717, 1.165) is 32.2 Å². The average molecular weight is 218 g/mol. The molecule has 0 heterocycles. The van der Waals surface area contributed by atoms with Gasteiger partial charge in [-0.1, -0.05) is 30.3 Å². The van der Waals surface area contributed by atoms with Crippen LogP contribution < -0.4 is 10.6 Å². The molecule has 3 nitrogen and oxygen atoms in total. The molecular formula is C13H18N2O. The zero-order valence-corrected chi connectivity index (χ0v) is 9.41. The summed E-state index contributed by atoms with van der Waals surface area (Å²) in [6, 6.07) is 10.8. The molecule has 86 valence electrons. The number of benzene rings is 1. The highest BCUT2D eigenvalue weighted by Gasteiger charge is 2.22. The Bertz CT molecular complexity index is 333. The Hall–Kier alpha value is -1.51. The maximum atomic E-state index is 11.3. The number of carbonyl (C=O) groups excluding carboxylic acids is 1. The van der Waals surface area contributed by atoms with Crippen LogP contribution in [0.25, 0.3) is 0 Å². The first-order valence-electron chi connectivity index (χ1n) is 5.93. The molecular weight excluding hydrogens is 200 g/mol. The van der Waals surface area contributed by atoms with Crippen LogP contribution in [0.15, 0.2) is 30.3 Å². The van der Waals surface area contributed by atoms with Crippen LogP contribution in [0.4, 0.5) is 4.79 Å². The van der Waals surface area contributed by atoms with Gasteiger partial charge in [0.05, 0.1) is 0 Å². The number of hydrogen-bond acceptors (Lipinski definition) is 1. The minimum absolute atomic E-state index is 0.0180. The normalized spacial score (nSPS) is 14.5. The molecule has 1 aromatic rings. The highest BCUT2D eigenvalue weighted by Crippen LogP contribution is 2.18. The second-order valence-electron chi connectivity index (χ2n) is 4.26. The molecule has 16 heavy (non-hydrogen) atoms. The fourth-order valence-corrected chi connectivity index (χ4v) is 1.60. The number of aryl methyl sites for hydroxylation is 1. The molecule has 0 aliphatic heterocycles. The molecule has 2 N–H and O–H groups in total. The fraction of sp³-hybridized carbons (Fsp3) is 0.462. The van der Waals surface area contributed by atoms with Gasteiger partial charge < -0.3 is 10.6 Å². The quantitative estimate of drug-likeness (QED) is 0.730. The first-order valence-corrected chi connectivity index (χ1v) is 5.93. The lowest BCUT2D eigenvalue weighted by molar-refractivity contribution is 0.240. The molecule has 1 aliphatic carbocycles. The van der Waals surface area contributed by atoms with Gasteiger partial charge in [0.25, 0.3) is 0 Å². The minimum atomic E-state index is -0.0180. The first-order chi connectivity index (χ1) is 7.84. The second-order valence-corrected chi connectivity index (χ2v) is 4.26. The van der Waals surface area contributed by atoms with Crippen molar-refractivity contribution >= 4 is 6.03 Å². The predicted octanol–water partition coefficient (Wildman–Crippen LogP) is 2.08. The standard InChI is InChI=1S/C13H18N2O/c16-13(15-12-8-9-12)14-10-4-7-11-5-2-1-3-6-11/h1-3,5-6,12H,4,7-10H2,(H2,14,15,16). The largest absolute Gasteiger partial charge is 0.338 e. The van der Waals surface area contributed by atoms with Gasteiger partial charge >= 0.3 is 6.03 Å². The molecule has 0 spiro atoms. The van der Waals surface area contributed by atoms with E-state index in [4.69, 9.17) is 0 Å². The summed E-state index contributed by atoms with van der Waals surface area (Å²) in [5.74, 6) is 0.